The number of anilines is 1. The number of hydrogen-bond donors (Lipinski definition) is 1. The minimum atomic E-state index is -0.285. The molecule has 0 saturated heterocycles. The van der Waals surface area contributed by atoms with E-state index in [0.717, 1.165) is 11.3 Å². The Bertz CT molecular complexity index is 599. The maximum atomic E-state index is 13.5. The second-order valence-corrected chi connectivity index (χ2v) is 5.47. The highest BCUT2D eigenvalue weighted by atomic mass is 35.5. The van der Waals surface area contributed by atoms with E-state index in [2.05, 4.69) is 0 Å². The van der Waals surface area contributed by atoms with Crippen molar-refractivity contribution in [3.63, 3.8) is 0 Å². The summed E-state index contributed by atoms with van der Waals surface area (Å²) in [6.45, 7) is 2.97. The van der Waals surface area contributed by atoms with Crippen molar-refractivity contribution in [1.29, 1.82) is 0 Å². The molecule has 0 bridgehead atoms. The summed E-state index contributed by atoms with van der Waals surface area (Å²) in [7, 11) is 0. The SMILES string of the molecule is CCN(c1cccc(F)c1)C(CN)c1c(Cl)cccc1Cl. The van der Waals surface area contributed by atoms with Gasteiger partial charge in [0, 0.05) is 34.4 Å². The molecule has 0 amide bonds. The van der Waals surface area contributed by atoms with Crippen LogP contribution in [0.25, 0.3) is 0 Å². The lowest BCUT2D eigenvalue weighted by Gasteiger charge is -2.33. The lowest BCUT2D eigenvalue weighted by molar-refractivity contribution is 0.616. The summed E-state index contributed by atoms with van der Waals surface area (Å²) in [5, 5.41) is 1.13. The molecule has 0 fully saturated rings. The third-order valence-electron chi connectivity index (χ3n) is 3.41. The van der Waals surface area contributed by atoms with E-state index in [1.165, 1.54) is 12.1 Å². The average molecular weight is 327 g/mol. The van der Waals surface area contributed by atoms with Crippen LogP contribution in [0.5, 0.6) is 0 Å². The van der Waals surface area contributed by atoms with Gasteiger partial charge in [0.25, 0.3) is 0 Å². The predicted octanol–water partition coefficient (Wildman–Crippen LogP) is 4.66. The molecule has 0 spiro atoms. The topological polar surface area (TPSA) is 29.3 Å². The molecule has 0 aromatic heterocycles. The van der Waals surface area contributed by atoms with E-state index < -0.39 is 0 Å². The molecule has 2 N–H and O–H groups in total. The second kappa shape index (κ2) is 7.12. The van der Waals surface area contributed by atoms with Gasteiger partial charge in [0.05, 0.1) is 6.04 Å². The van der Waals surface area contributed by atoms with Gasteiger partial charge >= 0.3 is 0 Å². The van der Waals surface area contributed by atoms with E-state index in [4.69, 9.17) is 28.9 Å². The van der Waals surface area contributed by atoms with Crippen molar-refractivity contribution in [3.05, 3.63) is 63.9 Å². The summed E-state index contributed by atoms with van der Waals surface area (Å²) < 4.78 is 13.5. The largest absolute Gasteiger partial charge is 0.363 e. The van der Waals surface area contributed by atoms with Crippen molar-refractivity contribution >= 4 is 28.9 Å². The van der Waals surface area contributed by atoms with Gasteiger partial charge in [0.15, 0.2) is 0 Å². The number of rotatable bonds is 5. The normalized spacial score (nSPS) is 12.2. The number of likely N-dealkylation sites (N-methyl/N-ethyl adjacent to an activating group) is 1. The van der Waals surface area contributed by atoms with Gasteiger partial charge in [-0.05, 0) is 37.3 Å². The minimum absolute atomic E-state index is 0.210. The Morgan fingerprint density at radius 3 is 2.29 bits per heavy atom. The molecular formula is C16H17Cl2FN2. The lowest BCUT2D eigenvalue weighted by Crippen LogP contribution is -2.34. The molecule has 0 aliphatic carbocycles. The lowest BCUT2D eigenvalue weighted by atomic mass is 10.0. The fourth-order valence-electron chi connectivity index (χ4n) is 2.47. The Balaban J connectivity index is 2.48. The first kappa shape index (κ1) is 16.1. The van der Waals surface area contributed by atoms with Crippen molar-refractivity contribution in [2.75, 3.05) is 18.0 Å². The zero-order valence-electron chi connectivity index (χ0n) is 11.7. The second-order valence-electron chi connectivity index (χ2n) is 4.65. The Labute approximate surface area is 134 Å². The first-order valence-corrected chi connectivity index (χ1v) is 7.50. The molecule has 0 aliphatic heterocycles. The minimum Gasteiger partial charge on any atom is -0.363 e. The number of halogens is 3. The molecule has 0 heterocycles. The van der Waals surface area contributed by atoms with E-state index in [1.807, 2.05) is 17.9 Å². The monoisotopic (exact) mass is 326 g/mol. The van der Waals surface area contributed by atoms with Gasteiger partial charge in [-0.25, -0.2) is 4.39 Å². The molecule has 1 unspecified atom stereocenters. The molecule has 5 heteroatoms. The fraction of sp³-hybridized carbons (Fsp3) is 0.250. The van der Waals surface area contributed by atoms with Crippen molar-refractivity contribution in [2.24, 2.45) is 5.73 Å². The van der Waals surface area contributed by atoms with Crippen LogP contribution in [0.15, 0.2) is 42.5 Å². The van der Waals surface area contributed by atoms with E-state index in [0.29, 0.717) is 23.1 Å². The maximum Gasteiger partial charge on any atom is 0.125 e. The highest BCUT2D eigenvalue weighted by Crippen LogP contribution is 2.35. The first-order valence-electron chi connectivity index (χ1n) is 6.74. The van der Waals surface area contributed by atoms with Crippen molar-refractivity contribution in [3.8, 4) is 0 Å². The Hall–Kier alpha value is -1.29. The van der Waals surface area contributed by atoms with Gasteiger partial charge in [-0.2, -0.15) is 0 Å². The van der Waals surface area contributed by atoms with Gasteiger partial charge in [-0.1, -0.05) is 35.3 Å². The smallest absolute Gasteiger partial charge is 0.125 e. The number of nitrogens with zero attached hydrogens (tertiary/aromatic N) is 1. The first-order chi connectivity index (χ1) is 10.1. The molecule has 0 aliphatic rings. The predicted molar refractivity (Wildman–Crippen MR) is 87.7 cm³/mol. The molecule has 2 nitrogen and oxygen atoms in total. The summed E-state index contributed by atoms with van der Waals surface area (Å²) in [4.78, 5) is 2.00. The van der Waals surface area contributed by atoms with E-state index >= 15 is 0 Å². The highest BCUT2D eigenvalue weighted by Gasteiger charge is 2.23. The van der Waals surface area contributed by atoms with Crippen LogP contribution in [-0.2, 0) is 0 Å². The van der Waals surface area contributed by atoms with Crippen molar-refractivity contribution < 1.29 is 4.39 Å². The summed E-state index contributed by atoms with van der Waals surface area (Å²) in [6.07, 6.45) is 0. The molecule has 0 radical (unpaired) electrons. The quantitative estimate of drug-likeness (QED) is 0.865. The van der Waals surface area contributed by atoms with Crippen LogP contribution in [0, 0.1) is 5.82 Å². The molecule has 2 aromatic rings. The highest BCUT2D eigenvalue weighted by molar-refractivity contribution is 6.36. The molecule has 21 heavy (non-hydrogen) atoms. The number of benzene rings is 2. The van der Waals surface area contributed by atoms with E-state index in [1.54, 1.807) is 24.3 Å². The average Bonchev–Trinajstić information content (AvgIpc) is 2.46. The molecule has 2 aromatic carbocycles. The van der Waals surface area contributed by atoms with Crippen LogP contribution in [0.4, 0.5) is 10.1 Å². The Morgan fingerprint density at radius 1 is 1.14 bits per heavy atom. The van der Waals surface area contributed by atoms with Crippen LogP contribution in [0.3, 0.4) is 0 Å². The van der Waals surface area contributed by atoms with Crippen LogP contribution < -0.4 is 10.6 Å². The van der Waals surface area contributed by atoms with Crippen LogP contribution in [0.1, 0.15) is 18.5 Å². The Morgan fingerprint density at radius 2 is 1.76 bits per heavy atom. The van der Waals surface area contributed by atoms with Gasteiger partial charge in [0.1, 0.15) is 5.82 Å². The molecule has 112 valence electrons. The number of hydrogen-bond acceptors (Lipinski definition) is 2. The fourth-order valence-corrected chi connectivity index (χ4v) is 3.12. The van der Waals surface area contributed by atoms with Gasteiger partial charge in [0.2, 0.25) is 0 Å². The van der Waals surface area contributed by atoms with E-state index in [9.17, 15) is 4.39 Å². The van der Waals surface area contributed by atoms with Crippen LogP contribution in [-0.4, -0.2) is 13.1 Å². The summed E-state index contributed by atoms with van der Waals surface area (Å²) in [6, 6.07) is 11.6. The van der Waals surface area contributed by atoms with Crippen molar-refractivity contribution in [2.45, 2.75) is 13.0 Å². The van der Waals surface area contributed by atoms with Gasteiger partial charge < -0.3 is 10.6 Å². The third-order valence-corrected chi connectivity index (χ3v) is 4.07. The Kier molecular flexibility index (Phi) is 5.45. The van der Waals surface area contributed by atoms with Gasteiger partial charge in [-0.15, -0.1) is 0 Å². The molecular weight excluding hydrogens is 310 g/mol. The maximum absolute atomic E-state index is 13.5. The number of nitrogens with two attached hydrogens (primary N) is 1. The molecule has 2 rings (SSSR count). The summed E-state index contributed by atoms with van der Waals surface area (Å²) >= 11 is 12.6. The van der Waals surface area contributed by atoms with Crippen LogP contribution >= 0.6 is 23.2 Å². The molecule has 1 atom stereocenters. The van der Waals surface area contributed by atoms with Gasteiger partial charge in [-0.3, -0.25) is 0 Å². The van der Waals surface area contributed by atoms with Crippen molar-refractivity contribution in [1.82, 2.24) is 0 Å². The van der Waals surface area contributed by atoms with Crippen LogP contribution in [0.2, 0.25) is 10.0 Å². The zero-order valence-corrected chi connectivity index (χ0v) is 13.2. The summed E-state index contributed by atoms with van der Waals surface area (Å²) in [5.41, 5.74) is 7.47. The van der Waals surface area contributed by atoms with E-state index in [-0.39, 0.29) is 11.9 Å². The molecule has 0 saturated carbocycles. The zero-order chi connectivity index (χ0) is 15.4. The third kappa shape index (κ3) is 3.49. The standard InChI is InChI=1S/C16H17Cl2FN2/c1-2-21(12-6-3-5-11(19)9-12)15(10-20)16-13(17)7-4-8-14(16)18/h3-9,15H,2,10,20H2,1H3. The summed E-state index contributed by atoms with van der Waals surface area (Å²) in [5.74, 6) is -0.285.